The van der Waals surface area contributed by atoms with Gasteiger partial charge in [0.15, 0.2) is 0 Å². The van der Waals surface area contributed by atoms with Crippen molar-refractivity contribution in [2.24, 2.45) is 10.2 Å². The standard InChI is InChI=1S/C14H12Cl2N2/c1-9-3-5-13(11(15)7-9)17-18-14-6-4-10(2)8-12(14)16/h3-8H,1-2H3. The number of rotatable bonds is 2. The third-order valence-electron chi connectivity index (χ3n) is 2.47. The molecule has 0 fully saturated rings. The molecule has 2 aromatic rings. The Morgan fingerprint density at radius 1 is 0.722 bits per heavy atom. The number of hydrogen-bond donors (Lipinski definition) is 0. The highest BCUT2D eigenvalue weighted by atomic mass is 35.5. The molecule has 0 atom stereocenters. The van der Waals surface area contributed by atoms with Crippen molar-refractivity contribution in [2.75, 3.05) is 0 Å². The van der Waals surface area contributed by atoms with Crippen LogP contribution in [0.25, 0.3) is 0 Å². The zero-order valence-corrected chi connectivity index (χ0v) is 11.6. The number of hydrogen-bond acceptors (Lipinski definition) is 2. The van der Waals surface area contributed by atoms with E-state index >= 15 is 0 Å². The average Bonchev–Trinajstić information content (AvgIpc) is 2.30. The van der Waals surface area contributed by atoms with Crippen molar-refractivity contribution in [1.82, 2.24) is 0 Å². The zero-order valence-electron chi connectivity index (χ0n) is 10.1. The van der Waals surface area contributed by atoms with Crippen molar-refractivity contribution in [1.29, 1.82) is 0 Å². The summed E-state index contributed by atoms with van der Waals surface area (Å²) in [4.78, 5) is 0. The highest BCUT2D eigenvalue weighted by Gasteiger charge is 2.01. The van der Waals surface area contributed by atoms with Crippen molar-refractivity contribution in [3.8, 4) is 0 Å². The molecule has 0 spiro atoms. The molecule has 0 saturated heterocycles. The fourth-order valence-electron chi connectivity index (χ4n) is 1.49. The van der Waals surface area contributed by atoms with Gasteiger partial charge in [0.25, 0.3) is 0 Å². The summed E-state index contributed by atoms with van der Waals surface area (Å²) in [6.45, 7) is 3.95. The first kappa shape index (κ1) is 13.1. The Morgan fingerprint density at radius 3 is 1.44 bits per heavy atom. The van der Waals surface area contributed by atoms with Crippen LogP contribution in [0, 0.1) is 13.8 Å². The van der Waals surface area contributed by atoms with Crippen LogP contribution >= 0.6 is 23.2 Å². The number of benzene rings is 2. The second-order valence-corrected chi connectivity index (χ2v) is 4.92. The molecule has 2 rings (SSSR count). The number of halogens is 2. The van der Waals surface area contributed by atoms with Crippen molar-refractivity contribution < 1.29 is 0 Å². The number of nitrogens with zero attached hydrogens (tertiary/aromatic N) is 2. The summed E-state index contributed by atoms with van der Waals surface area (Å²) in [7, 11) is 0. The maximum absolute atomic E-state index is 6.07. The SMILES string of the molecule is Cc1ccc(N=Nc2ccc(C)cc2Cl)c(Cl)c1. The van der Waals surface area contributed by atoms with Gasteiger partial charge < -0.3 is 0 Å². The molecule has 0 aliphatic heterocycles. The smallest absolute Gasteiger partial charge is 0.104 e. The molecule has 0 bridgehead atoms. The highest BCUT2D eigenvalue weighted by Crippen LogP contribution is 2.30. The van der Waals surface area contributed by atoms with E-state index in [0.717, 1.165) is 11.1 Å². The lowest BCUT2D eigenvalue weighted by molar-refractivity contribution is 1.22. The molecule has 2 aromatic carbocycles. The number of aryl methyl sites for hydroxylation is 2. The molecule has 0 unspecified atom stereocenters. The molecule has 4 heteroatoms. The second kappa shape index (κ2) is 5.51. The molecule has 92 valence electrons. The molecular formula is C14H12Cl2N2. The lowest BCUT2D eigenvalue weighted by atomic mass is 10.2. The van der Waals surface area contributed by atoms with Crippen LogP contribution in [0.2, 0.25) is 10.0 Å². The van der Waals surface area contributed by atoms with Gasteiger partial charge >= 0.3 is 0 Å². The fourth-order valence-corrected chi connectivity index (χ4v) is 2.04. The molecular weight excluding hydrogens is 267 g/mol. The molecule has 0 saturated carbocycles. The summed E-state index contributed by atoms with van der Waals surface area (Å²) in [6, 6.07) is 11.3. The van der Waals surface area contributed by atoms with Crippen LogP contribution in [-0.2, 0) is 0 Å². The summed E-state index contributed by atoms with van der Waals surface area (Å²) in [5, 5.41) is 9.40. The minimum atomic E-state index is 0.585. The van der Waals surface area contributed by atoms with E-state index in [9.17, 15) is 0 Å². The van der Waals surface area contributed by atoms with E-state index in [-0.39, 0.29) is 0 Å². The Hall–Kier alpha value is -1.38. The Morgan fingerprint density at radius 2 is 1.11 bits per heavy atom. The Kier molecular flexibility index (Phi) is 4.00. The van der Waals surface area contributed by atoms with Crippen LogP contribution in [0.3, 0.4) is 0 Å². The first-order chi connectivity index (χ1) is 8.56. The molecule has 2 nitrogen and oxygen atoms in total. The van der Waals surface area contributed by atoms with Crippen molar-refractivity contribution >= 4 is 34.6 Å². The van der Waals surface area contributed by atoms with Crippen LogP contribution in [-0.4, -0.2) is 0 Å². The van der Waals surface area contributed by atoms with E-state index < -0.39 is 0 Å². The van der Waals surface area contributed by atoms with E-state index in [1.807, 2.05) is 50.2 Å². The molecule has 0 radical (unpaired) electrons. The molecule has 0 N–H and O–H groups in total. The average molecular weight is 279 g/mol. The van der Waals surface area contributed by atoms with Gasteiger partial charge in [0.05, 0.1) is 10.0 Å². The van der Waals surface area contributed by atoms with Crippen molar-refractivity contribution in [3.05, 3.63) is 57.6 Å². The Labute approximate surface area is 116 Å². The van der Waals surface area contributed by atoms with Gasteiger partial charge in [-0.2, -0.15) is 0 Å². The minimum absolute atomic E-state index is 0.585. The van der Waals surface area contributed by atoms with E-state index in [4.69, 9.17) is 23.2 Å². The second-order valence-electron chi connectivity index (χ2n) is 4.11. The molecule has 0 aliphatic carbocycles. The minimum Gasteiger partial charge on any atom is -0.149 e. The predicted octanol–water partition coefficient (Wildman–Crippen LogP) is 6.03. The van der Waals surface area contributed by atoms with Crippen molar-refractivity contribution in [3.63, 3.8) is 0 Å². The van der Waals surface area contributed by atoms with E-state index in [1.54, 1.807) is 0 Å². The predicted molar refractivity (Wildman–Crippen MR) is 76.6 cm³/mol. The maximum atomic E-state index is 6.07. The number of azo groups is 1. The largest absolute Gasteiger partial charge is 0.149 e. The monoisotopic (exact) mass is 278 g/mol. The van der Waals surface area contributed by atoms with Gasteiger partial charge in [-0.3, -0.25) is 0 Å². The maximum Gasteiger partial charge on any atom is 0.104 e. The molecule has 0 aromatic heterocycles. The lowest BCUT2D eigenvalue weighted by Gasteiger charge is -2.00. The normalized spacial score (nSPS) is 11.1. The summed E-state index contributed by atoms with van der Waals surface area (Å²) in [6.07, 6.45) is 0. The van der Waals surface area contributed by atoms with Gasteiger partial charge in [0.2, 0.25) is 0 Å². The summed E-state index contributed by atoms with van der Waals surface area (Å²) in [5.41, 5.74) is 3.46. The van der Waals surface area contributed by atoms with Gasteiger partial charge in [-0.15, -0.1) is 10.2 Å². The third-order valence-corrected chi connectivity index (χ3v) is 3.08. The topological polar surface area (TPSA) is 24.7 Å². The van der Waals surface area contributed by atoms with Gasteiger partial charge in [0, 0.05) is 0 Å². The summed E-state index contributed by atoms with van der Waals surface area (Å²) >= 11 is 12.1. The quantitative estimate of drug-likeness (QED) is 0.600. The molecule has 0 amide bonds. The summed E-state index contributed by atoms with van der Waals surface area (Å²) < 4.78 is 0. The van der Waals surface area contributed by atoms with Crippen molar-refractivity contribution in [2.45, 2.75) is 13.8 Å². The van der Waals surface area contributed by atoms with Crippen LogP contribution in [0.4, 0.5) is 11.4 Å². The zero-order chi connectivity index (χ0) is 13.1. The van der Waals surface area contributed by atoms with Crippen LogP contribution in [0.15, 0.2) is 46.6 Å². The van der Waals surface area contributed by atoms with Gasteiger partial charge in [-0.1, -0.05) is 35.3 Å². The Bertz CT molecular complexity index is 553. The van der Waals surface area contributed by atoms with E-state index in [1.165, 1.54) is 0 Å². The van der Waals surface area contributed by atoms with Crippen LogP contribution < -0.4 is 0 Å². The highest BCUT2D eigenvalue weighted by molar-refractivity contribution is 6.33. The van der Waals surface area contributed by atoms with E-state index in [0.29, 0.717) is 21.4 Å². The van der Waals surface area contributed by atoms with E-state index in [2.05, 4.69) is 10.2 Å². The van der Waals surface area contributed by atoms with Gasteiger partial charge in [0.1, 0.15) is 11.4 Å². The molecule has 18 heavy (non-hydrogen) atoms. The van der Waals surface area contributed by atoms with Crippen LogP contribution in [0.1, 0.15) is 11.1 Å². The summed E-state index contributed by atoms with van der Waals surface area (Å²) in [5.74, 6) is 0. The first-order valence-electron chi connectivity index (χ1n) is 5.50. The van der Waals surface area contributed by atoms with Gasteiger partial charge in [-0.25, -0.2) is 0 Å². The van der Waals surface area contributed by atoms with Crippen LogP contribution in [0.5, 0.6) is 0 Å². The lowest BCUT2D eigenvalue weighted by Crippen LogP contribution is -1.74. The first-order valence-corrected chi connectivity index (χ1v) is 6.26. The molecule has 0 heterocycles. The third kappa shape index (κ3) is 3.09. The Balaban J connectivity index is 2.30. The fraction of sp³-hybridized carbons (Fsp3) is 0.143. The molecule has 0 aliphatic rings. The van der Waals surface area contributed by atoms with Gasteiger partial charge in [-0.05, 0) is 49.2 Å².